The minimum Gasteiger partial charge on any atom is -0.482 e. The Balaban J connectivity index is 1.53. The van der Waals surface area contributed by atoms with E-state index in [1.54, 1.807) is 4.90 Å². The maximum atomic E-state index is 12.6. The first-order valence-electron chi connectivity index (χ1n) is 11.7. The van der Waals surface area contributed by atoms with E-state index in [1.165, 1.54) is 18.1 Å². The summed E-state index contributed by atoms with van der Waals surface area (Å²) in [4.78, 5) is 28.6. The highest BCUT2D eigenvalue weighted by atomic mass is 16.6. The molecule has 0 radical (unpaired) electrons. The van der Waals surface area contributed by atoms with Crippen LogP contribution >= 0.6 is 0 Å². The molecule has 5 rings (SSSR count). The van der Waals surface area contributed by atoms with Crippen LogP contribution in [-0.4, -0.2) is 73.2 Å². The van der Waals surface area contributed by atoms with Crippen LogP contribution in [0.5, 0.6) is 11.5 Å². The second kappa shape index (κ2) is 7.89. The standard InChI is InChI=1S/C25H32N2O5/c1-5-27(6-2)21(29)14-30-20-10-8-17-18-13-16-7-9-19(31-15(3)28)23-22(16)25(17,24(20)32-23)11-12-26(18)4/h7-10,17-18,20,24H,5-6,11-14H2,1-4H3/t17-,18+,20-,24?,25-/m0/s1. The summed E-state index contributed by atoms with van der Waals surface area (Å²) in [5, 5.41) is 0. The summed E-state index contributed by atoms with van der Waals surface area (Å²) in [7, 11) is 2.20. The molecule has 0 saturated carbocycles. The molecule has 1 spiro atoms. The molecule has 1 aromatic carbocycles. The first-order chi connectivity index (χ1) is 15.4. The van der Waals surface area contributed by atoms with Crippen molar-refractivity contribution in [2.75, 3.05) is 33.3 Å². The molecule has 2 aliphatic carbocycles. The number of likely N-dealkylation sites (N-methyl/N-ethyl adjacent to an activating group) is 2. The van der Waals surface area contributed by atoms with Crippen molar-refractivity contribution in [3.05, 3.63) is 35.4 Å². The number of hydrogen-bond acceptors (Lipinski definition) is 6. The average molecular weight is 441 g/mol. The van der Waals surface area contributed by atoms with Gasteiger partial charge in [0, 0.05) is 43.0 Å². The molecule has 7 nitrogen and oxygen atoms in total. The number of nitrogens with zero attached hydrogens (tertiary/aromatic N) is 2. The molecule has 2 heterocycles. The fourth-order valence-corrected chi connectivity index (χ4v) is 6.42. The molecule has 1 amide bonds. The van der Waals surface area contributed by atoms with E-state index in [4.69, 9.17) is 14.2 Å². The molecule has 32 heavy (non-hydrogen) atoms. The summed E-state index contributed by atoms with van der Waals surface area (Å²) in [6, 6.07) is 4.33. The first kappa shape index (κ1) is 21.5. The van der Waals surface area contributed by atoms with Crippen molar-refractivity contribution < 1.29 is 23.8 Å². The molecule has 1 fully saturated rings. The highest BCUT2D eigenvalue weighted by molar-refractivity contribution is 5.77. The highest BCUT2D eigenvalue weighted by Crippen LogP contribution is 2.62. The normalized spacial score (nSPS) is 31.6. The molecule has 2 bridgehead atoms. The molecule has 7 heteroatoms. The van der Waals surface area contributed by atoms with Gasteiger partial charge >= 0.3 is 5.97 Å². The fraction of sp³-hybridized carbons (Fsp3) is 0.600. The van der Waals surface area contributed by atoms with Crippen LogP contribution < -0.4 is 9.47 Å². The largest absolute Gasteiger partial charge is 0.482 e. The van der Waals surface area contributed by atoms with E-state index >= 15 is 0 Å². The maximum absolute atomic E-state index is 12.6. The Morgan fingerprint density at radius 3 is 2.75 bits per heavy atom. The number of esters is 1. The van der Waals surface area contributed by atoms with E-state index in [-0.39, 0.29) is 36.1 Å². The van der Waals surface area contributed by atoms with Crippen LogP contribution in [0.3, 0.4) is 0 Å². The van der Waals surface area contributed by atoms with Crippen molar-refractivity contribution in [1.82, 2.24) is 9.80 Å². The molecule has 172 valence electrons. The van der Waals surface area contributed by atoms with Crippen LogP contribution in [0.1, 0.15) is 38.3 Å². The van der Waals surface area contributed by atoms with Crippen LogP contribution in [-0.2, 0) is 26.2 Å². The van der Waals surface area contributed by atoms with E-state index < -0.39 is 0 Å². The van der Waals surface area contributed by atoms with E-state index in [0.717, 1.165) is 19.4 Å². The number of rotatable bonds is 6. The monoisotopic (exact) mass is 440 g/mol. The Hall–Kier alpha value is -2.38. The fourth-order valence-electron chi connectivity index (χ4n) is 6.42. The lowest BCUT2D eigenvalue weighted by atomic mass is 9.53. The predicted molar refractivity (Wildman–Crippen MR) is 119 cm³/mol. The molecule has 2 aliphatic heterocycles. The number of piperidine rings is 1. The zero-order chi connectivity index (χ0) is 22.6. The van der Waals surface area contributed by atoms with E-state index in [1.807, 2.05) is 19.9 Å². The average Bonchev–Trinajstić information content (AvgIpc) is 3.12. The number of amides is 1. The number of carbonyl (C=O) groups excluding carboxylic acids is 2. The molecular formula is C25H32N2O5. The summed E-state index contributed by atoms with van der Waals surface area (Å²) in [5.41, 5.74) is 2.22. The number of hydrogen-bond donors (Lipinski definition) is 0. The molecule has 0 N–H and O–H groups in total. The smallest absolute Gasteiger partial charge is 0.308 e. The van der Waals surface area contributed by atoms with Crippen LogP contribution in [0.15, 0.2) is 24.3 Å². The van der Waals surface area contributed by atoms with Gasteiger partial charge in [-0.05, 0) is 51.9 Å². The summed E-state index contributed by atoms with van der Waals surface area (Å²) >= 11 is 0. The van der Waals surface area contributed by atoms with Crippen molar-refractivity contribution in [3.63, 3.8) is 0 Å². The van der Waals surface area contributed by atoms with Crippen molar-refractivity contribution in [2.24, 2.45) is 5.92 Å². The third-order valence-corrected chi connectivity index (χ3v) is 7.88. The number of benzene rings is 1. The Kier molecular flexibility index (Phi) is 5.29. The van der Waals surface area contributed by atoms with Gasteiger partial charge in [0.1, 0.15) is 18.8 Å². The van der Waals surface area contributed by atoms with Crippen LogP contribution in [0.25, 0.3) is 0 Å². The quantitative estimate of drug-likeness (QED) is 0.384. The minimum absolute atomic E-state index is 0.00951. The van der Waals surface area contributed by atoms with Gasteiger partial charge in [-0.15, -0.1) is 0 Å². The molecular weight excluding hydrogens is 408 g/mol. The van der Waals surface area contributed by atoms with Crippen LogP contribution in [0.2, 0.25) is 0 Å². The Morgan fingerprint density at radius 1 is 1.25 bits per heavy atom. The Bertz CT molecular complexity index is 971. The van der Waals surface area contributed by atoms with Crippen molar-refractivity contribution in [2.45, 2.75) is 57.3 Å². The topological polar surface area (TPSA) is 68.3 Å². The van der Waals surface area contributed by atoms with Gasteiger partial charge in [-0.25, -0.2) is 0 Å². The molecule has 0 aromatic heterocycles. The van der Waals surface area contributed by atoms with Gasteiger partial charge in [-0.1, -0.05) is 18.2 Å². The number of likely N-dealkylation sites (tertiary alicyclic amines) is 1. The molecule has 5 atom stereocenters. The summed E-state index contributed by atoms with van der Waals surface area (Å²) in [6.45, 7) is 7.69. The van der Waals surface area contributed by atoms with Gasteiger partial charge in [-0.3, -0.25) is 9.59 Å². The molecule has 1 saturated heterocycles. The number of carbonyl (C=O) groups is 2. The van der Waals surface area contributed by atoms with Crippen LogP contribution in [0.4, 0.5) is 0 Å². The van der Waals surface area contributed by atoms with Gasteiger partial charge in [-0.2, -0.15) is 0 Å². The minimum atomic E-state index is -0.360. The zero-order valence-corrected chi connectivity index (χ0v) is 19.3. The lowest BCUT2D eigenvalue weighted by Gasteiger charge is -2.56. The van der Waals surface area contributed by atoms with Crippen molar-refractivity contribution >= 4 is 11.9 Å². The second-order valence-corrected chi connectivity index (χ2v) is 9.35. The van der Waals surface area contributed by atoms with E-state index in [2.05, 4.69) is 30.2 Å². The SMILES string of the molecule is CCN(CC)C(=O)CO[C@H]1C=C[C@H]2[C@H]3Cc4ccc(OC(C)=O)c5c4[C@@]2(CCN3C)C1O5. The Labute approximate surface area is 189 Å². The summed E-state index contributed by atoms with van der Waals surface area (Å²) in [5.74, 6) is 1.09. The van der Waals surface area contributed by atoms with Gasteiger partial charge in [0.15, 0.2) is 11.5 Å². The summed E-state index contributed by atoms with van der Waals surface area (Å²) in [6.07, 6.45) is 5.66. The van der Waals surface area contributed by atoms with Crippen LogP contribution in [0, 0.1) is 5.92 Å². The van der Waals surface area contributed by atoms with E-state index in [0.29, 0.717) is 36.5 Å². The zero-order valence-electron chi connectivity index (χ0n) is 19.3. The molecule has 1 aromatic rings. The Morgan fingerprint density at radius 2 is 2.03 bits per heavy atom. The summed E-state index contributed by atoms with van der Waals surface area (Å²) < 4.78 is 18.3. The highest BCUT2D eigenvalue weighted by Gasteiger charge is 2.64. The lowest BCUT2D eigenvalue weighted by molar-refractivity contribution is -0.141. The van der Waals surface area contributed by atoms with Crippen molar-refractivity contribution in [3.8, 4) is 11.5 Å². The van der Waals surface area contributed by atoms with Gasteiger partial charge < -0.3 is 24.0 Å². The first-order valence-corrected chi connectivity index (χ1v) is 11.7. The lowest BCUT2D eigenvalue weighted by Crippen LogP contribution is -2.65. The van der Waals surface area contributed by atoms with Crippen molar-refractivity contribution in [1.29, 1.82) is 0 Å². The van der Waals surface area contributed by atoms with Gasteiger partial charge in [0.2, 0.25) is 5.91 Å². The van der Waals surface area contributed by atoms with Gasteiger partial charge in [0.05, 0.1) is 0 Å². The van der Waals surface area contributed by atoms with Gasteiger partial charge in [0.25, 0.3) is 0 Å². The third kappa shape index (κ3) is 3.01. The third-order valence-electron chi connectivity index (χ3n) is 7.88. The van der Waals surface area contributed by atoms with E-state index in [9.17, 15) is 9.59 Å². The number of ether oxygens (including phenoxy) is 3. The second-order valence-electron chi connectivity index (χ2n) is 9.35. The molecule has 1 unspecified atom stereocenters. The predicted octanol–water partition coefficient (Wildman–Crippen LogP) is 2.31. The maximum Gasteiger partial charge on any atom is 0.308 e. The molecule has 4 aliphatic rings.